The molecule has 0 saturated carbocycles. The molecule has 0 atom stereocenters. The lowest BCUT2D eigenvalue weighted by atomic mass is 10.1. The molecule has 0 bridgehead atoms. The summed E-state index contributed by atoms with van der Waals surface area (Å²) in [6.45, 7) is 0. The summed E-state index contributed by atoms with van der Waals surface area (Å²) in [7, 11) is 0. The van der Waals surface area contributed by atoms with E-state index in [2.05, 4.69) is 15.3 Å². The quantitative estimate of drug-likeness (QED) is 0.196. The van der Waals surface area contributed by atoms with E-state index in [0.29, 0.717) is 21.5 Å². The lowest BCUT2D eigenvalue weighted by Crippen LogP contribution is -2.04. The summed E-state index contributed by atoms with van der Waals surface area (Å²) in [4.78, 5) is 22.8. The maximum atomic E-state index is 12.4. The Bertz CT molecular complexity index is 1230. The number of hydrogen-bond donors (Lipinski definition) is 0. The number of carbonyl (C=O) groups excluding carboxylic acids is 1. The van der Waals surface area contributed by atoms with Crippen LogP contribution in [0, 0.1) is 10.1 Å². The Morgan fingerprint density at radius 1 is 1.10 bits per heavy atom. The highest BCUT2D eigenvalue weighted by molar-refractivity contribution is 7.99. The summed E-state index contributed by atoms with van der Waals surface area (Å²) in [6.07, 6.45) is 0. The molecule has 0 aliphatic rings. The number of halogens is 1. The zero-order valence-electron chi connectivity index (χ0n) is 14.7. The van der Waals surface area contributed by atoms with Crippen LogP contribution in [0.2, 0.25) is 5.02 Å². The number of nitrogens with zero attached hydrogens (tertiary/aromatic N) is 5. The van der Waals surface area contributed by atoms with Crippen LogP contribution in [0.3, 0.4) is 0 Å². The number of aromatic nitrogens is 4. The van der Waals surface area contributed by atoms with E-state index in [4.69, 9.17) is 11.6 Å². The van der Waals surface area contributed by atoms with E-state index in [1.165, 1.54) is 30.0 Å². The van der Waals surface area contributed by atoms with Gasteiger partial charge in [-0.05, 0) is 24.3 Å². The van der Waals surface area contributed by atoms with Gasteiger partial charge in [-0.3, -0.25) is 14.9 Å². The highest BCUT2D eigenvalue weighted by Gasteiger charge is 2.15. The van der Waals surface area contributed by atoms with E-state index in [-0.39, 0.29) is 22.8 Å². The number of nitro groups is 1. The SMILES string of the molecule is O=C(CSc1nnc2ccc(-c3ccc(Cl)cc3)nn12)c1cccc([N+](=O)[O-])c1. The average Bonchev–Trinajstić information content (AvgIpc) is 3.15. The molecule has 2 aromatic carbocycles. The highest BCUT2D eigenvalue weighted by Crippen LogP contribution is 2.23. The van der Waals surface area contributed by atoms with Gasteiger partial charge in [-0.15, -0.1) is 10.2 Å². The van der Waals surface area contributed by atoms with Gasteiger partial charge >= 0.3 is 0 Å². The number of fused-ring (bicyclic) bond motifs is 1. The first-order chi connectivity index (χ1) is 14.0. The largest absolute Gasteiger partial charge is 0.293 e. The summed E-state index contributed by atoms with van der Waals surface area (Å²) < 4.78 is 1.56. The topological polar surface area (TPSA) is 103 Å². The van der Waals surface area contributed by atoms with Gasteiger partial charge in [0, 0.05) is 28.3 Å². The maximum absolute atomic E-state index is 12.4. The molecule has 4 rings (SSSR count). The molecule has 0 amide bonds. The summed E-state index contributed by atoms with van der Waals surface area (Å²) in [5.41, 5.74) is 2.29. The molecule has 2 heterocycles. The molecule has 144 valence electrons. The number of hydrogen-bond acceptors (Lipinski definition) is 7. The zero-order valence-corrected chi connectivity index (χ0v) is 16.3. The molecule has 0 spiro atoms. The van der Waals surface area contributed by atoms with Crippen molar-refractivity contribution in [3.63, 3.8) is 0 Å². The summed E-state index contributed by atoms with van der Waals surface area (Å²) in [5, 5.41) is 24.7. The van der Waals surface area contributed by atoms with Crippen molar-refractivity contribution in [3.8, 4) is 11.3 Å². The molecule has 0 aliphatic heterocycles. The Kier molecular flexibility index (Phi) is 5.24. The smallest absolute Gasteiger partial charge is 0.270 e. The van der Waals surface area contributed by atoms with Gasteiger partial charge in [0.1, 0.15) is 0 Å². The van der Waals surface area contributed by atoms with Crippen LogP contribution in [-0.4, -0.2) is 36.3 Å². The fourth-order valence-electron chi connectivity index (χ4n) is 2.64. The van der Waals surface area contributed by atoms with E-state index in [1.54, 1.807) is 28.8 Å². The van der Waals surface area contributed by atoms with Crippen LogP contribution < -0.4 is 0 Å². The summed E-state index contributed by atoms with van der Waals surface area (Å²) >= 11 is 7.10. The van der Waals surface area contributed by atoms with Crippen LogP contribution in [0.25, 0.3) is 16.9 Å². The molecule has 2 aromatic heterocycles. The van der Waals surface area contributed by atoms with Crippen molar-refractivity contribution in [2.45, 2.75) is 5.16 Å². The molecule has 0 aliphatic carbocycles. The monoisotopic (exact) mass is 425 g/mol. The number of thioether (sulfide) groups is 1. The molecule has 0 unspecified atom stereocenters. The van der Waals surface area contributed by atoms with Crippen molar-refractivity contribution in [3.05, 3.63) is 81.4 Å². The Morgan fingerprint density at radius 3 is 2.66 bits per heavy atom. The van der Waals surface area contributed by atoms with Crippen molar-refractivity contribution < 1.29 is 9.72 Å². The fourth-order valence-corrected chi connectivity index (χ4v) is 3.55. The molecule has 0 N–H and O–H groups in total. The summed E-state index contributed by atoms with van der Waals surface area (Å²) in [5.74, 6) is -0.196. The molecule has 4 aromatic rings. The molecule has 29 heavy (non-hydrogen) atoms. The van der Waals surface area contributed by atoms with Gasteiger partial charge < -0.3 is 0 Å². The third kappa shape index (κ3) is 4.10. The number of Topliss-reactive ketones (excluding diaryl/α,β-unsaturated/α-hetero) is 1. The molecule has 0 saturated heterocycles. The lowest BCUT2D eigenvalue weighted by Gasteiger charge is -2.04. The van der Waals surface area contributed by atoms with Gasteiger partial charge in [0.15, 0.2) is 11.4 Å². The Labute approximate surface area is 173 Å². The van der Waals surface area contributed by atoms with Crippen molar-refractivity contribution in [1.82, 2.24) is 19.8 Å². The van der Waals surface area contributed by atoms with Crippen LogP contribution in [0.4, 0.5) is 5.69 Å². The third-order valence-corrected chi connectivity index (χ3v) is 5.26. The third-order valence-electron chi connectivity index (χ3n) is 4.09. The van der Waals surface area contributed by atoms with E-state index >= 15 is 0 Å². The van der Waals surface area contributed by atoms with E-state index in [0.717, 1.165) is 5.56 Å². The first-order valence-corrected chi connectivity index (χ1v) is 9.76. The molecular weight excluding hydrogens is 414 g/mol. The number of carbonyl (C=O) groups is 1. The van der Waals surface area contributed by atoms with Crippen LogP contribution in [0.1, 0.15) is 10.4 Å². The van der Waals surface area contributed by atoms with Gasteiger partial charge in [0.2, 0.25) is 5.16 Å². The van der Waals surface area contributed by atoms with Crippen molar-refractivity contribution in [1.29, 1.82) is 0 Å². The summed E-state index contributed by atoms with van der Waals surface area (Å²) in [6, 6.07) is 16.5. The fraction of sp³-hybridized carbons (Fsp3) is 0.0526. The van der Waals surface area contributed by atoms with E-state index in [1.807, 2.05) is 18.2 Å². The second-order valence-electron chi connectivity index (χ2n) is 6.00. The van der Waals surface area contributed by atoms with E-state index in [9.17, 15) is 14.9 Å². The lowest BCUT2D eigenvalue weighted by molar-refractivity contribution is -0.384. The predicted molar refractivity (Wildman–Crippen MR) is 109 cm³/mol. The number of benzene rings is 2. The highest BCUT2D eigenvalue weighted by atomic mass is 35.5. The first kappa shape index (κ1) is 19.0. The minimum atomic E-state index is -0.530. The second-order valence-corrected chi connectivity index (χ2v) is 7.38. The van der Waals surface area contributed by atoms with E-state index < -0.39 is 4.92 Å². The number of rotatable bonds is 6. The van der Waals surface area contributed by atoms with Gasteiger partial charge in [-0.25, -0.2) is 0 Å². The second kappa shape index (κ2) is 7.98. The minimum absolute atomic E-state index is 0.0504. The Hall–Kier alpha value is -3.30. The maximum Gasteiger partial charge on any atom is 0.270 e. The Balaban J connectivity index is 1.56. The van der Waals surface area contributed by atoms with Gasteiger partial charge in [0.25, 0.3) is 5.69 Å². The standard InChI is InChI=1S/C19H12ClN5O3S/c20-14-6-4-12(5-7-14)16-8-9-18-21-22-19(24(18)23-16)29-11-17(26)13-2-1-3-15(10-13)25(27)28/h1-10H,11H2. The van der Waals surface area contributed by atoms with Gasteiger partial charge in [0.05, 0.1) is 16.4 Å². The van der Waals surface area contributed by atoms with Gasteiger partial charge in [-0.2, -0.15) is 9.61 Å². The average molecular weight is 426 g/mol. The number of non-ortho nitro benzene ring substituents is 1. The number of ketones is 1. The minimum Gasteiger partial charge on any atom is -0.293 e. The van der Waals surface area contributed by atoms with Crippen LogP contribution >= 0.6 is 23.4 Å². The van der Waals surface area contributed by atoms with Crippen molar-refractivity contribution >= 4 is 40.5 Å². The molecule has 10 heteroatoms. The van der Waals surface area contributed by atoms with Crippen LogP contribution in [-0.2, 0) is 0 Å². The van der Waals surface area contributed by atoms with Crippen LogP contribution in [0.5, 0.6) is 0 Å². The number of nitro benzene ring substituents is 1. The molecule has 0 radical (unpaired) electrons. The Morgan fingerprint density at radius 2 is 1.90 bits per heavy atom. The normalized spacial score (nSPS) is 10.9. The zero-order chi connectivity index (χ0) is 20.4. The van der Waals surface area contributed by atoms with Crippen molar-refractivity contribution in [2.24, 2.45) is 0 Å². The predicted octanol–water partition coefficient (Wildman–Crippen LogP) is 4.33. The van der Waals surface area contributed by atoms with Crippen molar-refractivity contribution in [2.75, 3.05) is 5.75 Å². The van der Waals surface area contributed by atoms with Gasteiger partial charge in [-0.1, -0.05) is 47.6 Å². The van der Waals surface area contributed by atoms with Crippen LogP contribution in [0.15, 0.2) is 65.8 Å². The first-order valence-electron chi connectivity index (χ1n) is 8.40. The molecule has 0 fully saturated rings. The molecule has 8 nitrogen and oxygen atoms in total. The molecular formula is C19H12ClN5O3S.